The molecule has 0 unspecified atom stereocenters. The van der Waals surface area contributed by atoms with Crippen molar-refractivity contribution in [1.82, 2.24) is 0 Å². The van der Waals surface area contributed by atoms with E-state index in [-0.39, 0.29) is 27.6 Å². The molecule has 0 spiro atoms. The second-order valence-electron chi connectivity index (χ2n) is 6.06. The van der Waals surface area contributed by atoms with Gasteiger partial charge >= 0.3 is 0 Å². The summed E-state index contributed by atoms with van der Waals surface area (Å²) >= 11 is 0. The van der Waals surface area contributed by atoms with E-state index in [0.29, 0.717) is 16.9 Å². The number of aliphatic hydroxyl groups is 1. The van der Waals surface area contributed by atoms with Crippen LogP contribution in [0, 0.1) is 0 Å². The molecule has 1 aromatic carbocycles. The number of ketones is 1. The van der Waals surface area contributed by atoms with Crippen LogP contribution in [0.15, 0.2) is 58.4 Å². The molecule has 0 atom stereocenters. The van der Waals surface area contributed by atoms with Gasteiger partial charge in [0.25, 0.3) is 10.1 Å². The highest BCUT2D eigenvalue weighted by Gasteiger charge is 2.38. The number of aliphatic hydroxyl groups excluding tert-OH is 1. The summed E-state index contributed by atoms with van der Waals surface area (Å²) in [6, 6.07) is 4.25. The average Bonchev–Trinajstić information content (AvgIpc) is 2.73. The van der Waals surface area contributed by atoms with Crippen LogP contribution in [0.4, 0.5) is 5.69 Å². The summed E-state index contributed by atoms with van der Waals surface area (Å²) in [4.78, 5) is 11.5. The van der Waals surface area contributed by atoms with Crippen LogP contribution in [0.2, 0.25) is 0 Å². The number of nitrogens with one attached hydrogen (secondary N) is 1. The lowest BCUT2D eigenvalue weighted by atomic mass is 9.81. The van der Waals surface area contributed by atoms with Crippen molar-refractivity contribution in [1.29, 1.82) is 0 Å². The molecule has 23 heavy (non-hydrogen) atoms. The van der Waals surface area contributed by atoms with Gasteiger partial charge in [-0.1, -0.05) is 20.4 Å². The third-order valence-corrected chi connectivity index (χ3v) is 5.10. The topological polar surface area (TPSA) is 104 Å². The highest BCUT2D eigenvalue weighted by atomic mass is 32.2. The van der Waals surface area contributed by atoms with Gasteiger partial charge in [0.15, 0.2) is 5.78 Å². The first kappa shape index (κ1) is 15.5. The van der Waals surface area contributed by atoms with E-state index in [2.05, 4.69) is 11.9 Å². The quantitative estimate of drug-likeness (QED) is 0.567. The van der Waals surface area contributed by atoms with Crippen LogP contribution >= 0.6 is 0 Å². The number of allylic oxidation sites excluding steroid dienone is 4. The molecule has 0 bridgehead atoms. The summed E-state index contributed by atoms with van der Waals surface area (Å²) in [6.07, 6.45) is 1.54. The van der Waals surface area contributed by atoms with Gasteiger partial charge in [0.05, 0.1) is 16.0 Å². The Kier molecular flexibility index (Phi) is 3.08. The van der Waals surface area contributed by atoms with Crippen LogP contribution in [-0.2, 0) is 20.3 Å². The Balaban J connectivity index is 2.09. The lowest BCUT2D eigenvalue weighted by molar-refractivity contribution is -0.113. The van der Waals surface area contributed by atoms with Gasteiger partial charge in [0, 0.05) is 16.8 Å². The average molecular weight is 333 g/mol. The molecule has 1 aliphatic heterocycles. The first-order chi connectivity index (χ1) is 10.5. The summed E-state index contributed by atoms with van der Waals surface area (Å²) in [6.45, 7) is 7.16. The van der Waals surface area contributed by atoms with E-state index in [9.17, 15) is 22.9 Å². The van der Waals surface area contributed by atoms with Crippen molar-refractivity contribution in [3.63, 3.8) is 0 Å². The molecular weight excluding hydrogens is 318 g/mol. The maximum Gasteiger partial charge on any atom is 0.294 e. The number of hydrogen-bond donors (Lipinski definition) is 3. The Labute approximate surface area is 133 Å². The lowest BCUT2D eigenvalue weighted by Gasteiger charge is -2.23. The summed E-state index contributed by atoms with van der Waals surface area (Å²) in [5.74, 6) is -0.447. The summed E-state index contributed by atoms with van der Waals surface area (Å²) < 4.78 is 31.8. The van der Waals surface area contributed by atoms with Crippen molar-refractivity contribution >= 4 is 21.6 Å². The molecule has 3 N–H and O–H groups in total. The second-order valence-corrected chi connectivity index (χ2v) is 7.48. The molecule has 6 nitrogen and oxygen atoms in total. The van der Waals surface area contributed by atoms with E-state index >= 15 is 0 Å². The van der Waals surface area contributed by atoms with Crippen molar-refractivity contribution in [2.45, 2.75) is 24.2 Å². The van der Waals surface area contributed by atoms with Crippen LogP contribution in [0.1, 0.15) is 19.4 Å². The fourth-order valence-corrected chi connectivity index (χ4v) is 3.24. The number of Topliss-reactive ketones (excluding diaryl/α,β-unsaturated/α-hetero) is 1. The standard InChI is InChI=1S/C16H15NO5S/c1-8-14(18)10(15(8)19)7-13-16(2,3)11-6-9(23(20,21)22)4-5-12(11)17-13/h4-7,17-18H,1H2,2-3H3,(H,20,21,22)/b13-7+. The third kappa shape index (κ3) is 2.20. The fourth-order valence-electron chi connectivity index (χ4n) is 2.73. The molecule has 1 aromatic rings. The van der Waals surface area contributed by atoms with Gasteiger partial charge in [-0.25, -0.2) is 0 Å². The van der Waals surface area contributed by atoms with Gasteiger partial charge in [-0.15, -0.1) is 0 Å². The normalized spacial score (nSPS) is 21.3. The third-order valence-electron chi connectivity index (χ3n) is 4.25. The number of hydrogen-bond acceptors (Lipinski definition) is 5. The monoisotopic (exact) mass is 333 g/mol. The maximum absolute atomic E-state index is 11.7. The number of carbonyl (C=O) groups excluding carboxylic acids is 1. The lowest BCUT2D eigenvalue weighted by Crippen LogP contribution is -2.23. The Morgan fingerprint density at radius 2 is 1.96 bits per heavy atom. The van der Waals surface area contributed by atoms with Crippen molar-refractivity contribution in [3.05, 3.63) is 59.0 Å². The van der Waals surface area contributed by atoms with E-state index in [4.69, 9.17) is 0 Å². The van der Waals surface area contributed by atoms with Crippen LogP contribution in [-0.4, -0.2) is 23.9 Å². The number of anilines is 1. The van der Waals surface area contributed by atoms with Crippen molar-refractivity contribution in [2.75, 3.05) is 5.32 Å². The highest BCUT2D eigenvalue weighted by molar-refractivity contribution is 7.85. The van der Waals surface area contributed by atoms with Crippen molar-refractivity contribution < 1.29 is 22.9 Å². The number of benzene rings is 1. The predicted octanol–water partition coefficient (Wildman–Crippen LogP) is 2.47. The van der Waals surface area contributed by atoms with E-state index in [0.717, 1.165) is 0 Å². The molecule has 0 saturated carbocycles. The largest absolute Gasteiger partial charge is 0.506 e. The first-order valence-electron chi connectivity index (χ1n) is 6.82. The second kappa shape index (κ2) is 4.56. The zero-order chi connectivity index (χ0) is 17.2. The number of carbonyl (C=O) groups is 1. The molecule has 1 aliphatic carbocycles. The van der Waals surface area contributed by atoms with Crippen LogP contribution in [0.25, 0.3) is 0 Å². The molecule has 0 amide bonds. The van der Waals surface area contributed by atoms with Crippen LogP contribution in [0.5, 0.6) is 0 Å². The van der Waals surface area contributed by atoms with E-state index in [1.165, 1.54) is 12.1 Å². The van der Waals surface area contributed by atoms with Crippen molar-refractivity contribution in [3.8, 4) is 0 Å². The number of rotatable bonds is 2. The zero-order valence-corrected chi connectivity index (χ0v) is 13.4. The van der Waals surface area contributed by atoms with Gasteiger partial charge in [0.2, 0.25) is 0 Å². The van der Waals surface area contributed by atoms with Gasteiger partial charge in [0.1, 0.15) is 5.76 Å². The Morgan fingerprint density at radius 1 is 1.30 bits per heavy atom. The highest BCUT2D eigenvalue weighted by Crippen LogP contribution is 2.45. The minimum Gasteiger partial charge on any atom is -0.506 e. The molecule has 1 heterocycles. The molecule has 0 aromatic heterocycles. The molecule has 7 heteroatoms. The van der Waals surface area contributed by atoms with E-state index in [1.54, 1.807) is 12.1 Å². The summed E-state index contributed by atoms with van der Waals surface area (Å²) in [5, 5.41) is 12.8. The summed E-state index contributed by atoms with van der Waals surface area (Å²) in [5.41, 5.74) is 1.62. The zero-order valence-electron chi connectivity index (χ0n) is 12.5. The minimum absolute atomic E-state index is 0.0822. The van der Waals surface area contributed by atoms with Crippen LogP contribution < -0.4 is 5.32 Å². The minimum atomic E-state index is -4.30. The van der Waals surface area contributed by atoms with Crippen molar-refractivity contribution in [2.24, 2.45) is 0 Å². The van der Waals surface area contributed by atoms with Gasteiger partial charge in [-0.05, 0) is 29.8 Å². The smallest absolute Gasteiger partial charge is 0.294 e. The number of fused-ring (bicyclic) bond motifs is 1. The predicted molar refractivity (Wildman–Crippen MR) is 84.8 cm³/mol. The molecule has 0 saturated heterocycles. The summed E-state index contributed by atoms with van der Waals surface area (Å²) in [7, 11) is -4.30. The van der Waals surface area contributed by atoms with E-state index in [1.807, 2.05) is 13.8 Å². The van der Waals surface area contributed by atoms with E-state index < -0.39 is 15.5 Å². The van der Waals surface area contributed by atoms with Gasteiger partial charge in [-0.3, -0.25) is 9.35 Å². The molecule has 0 fully saturated rings. The van der Waals surface area contributed by atoms with Crippen LogP contribution in [0.3, 0.4) is 0 Å². The van der Waals surface area contributed by atoms with Gasteiger partial charge < -0.3 is 10.4 Å². The molecule has 0 radical (unpaired) electrons. The Morgan fingerprint density at radius 3 is 2.52 bits per heavy atom. The molecule has 2 aliphatic rings. The Hall–Kier alpha value is -2.38. The SMILES string of the molecule is C=C1C(=O)C(/C=C2/Nc3ccc(S(=O)(=O)O)cc3C2(C)C)=C1O. The van der Waals surface area contributed by atoms with Gasteiger partial charge in [-0.2, -0.15) is 8.42 Å². The first-order valence-corrected chi connectivity index (χ1v) is 8.26. The maximum atomic E-state index is 11.7. The molecule has 3 rings (SSSR count). The molecular formula is C16H15NO5S. The fraction of sp³-hybridized carbons (Fsp3) is 0.188. The Bertz CT molecular complexity index is 935. The molecule has 120 valence electrons.